The molecule has 7 rings (SSSR count). The van der Waals surface area contributed by atoms with Crippen LogP contribution >= 0.6 is 0 Å². The number of fused-ring (bicyclic) bond motifs is 4. The van der Waals surface area contributed by atoms with Gasteiger partial charge in [-0.1, -0.05) is 37.3 Å². The Labute approximate surface area is 182 Å². The Kier molecular flexibility index (Phi) is 4.55. The van der Waals surface area contributed by atoms with Gasteiger partial charge >= 0.3 is 0 Å². The predicted octanol–water partition coefficient (Wildman–Crippen LogP) is 5.70. The van der Waals surface area contributed by atoms with E-state index in [2.05, 4.69) is 52.2 Å². The van der Waals surface area contributed by atoms with Crippen LogP contribution in [0.1, 0.15) is 38.3 Å². The summed E-state index contributed by atoms with van der Waals surface area (Å²) in [4.78, 5) is 21.8. The van der Waals surface area contributed by atoms with E-state index in [9.17, 15) is 0 Å². The number of aromatic amines is 1. The number of benzene rings is 1. The number of hydrogen-bond donors (Lipinski definition) is 1. The minimum absolute atomic E-state index is 0.727. The second-order valence-electron chi connectivity index (χ2n) is 9.32. The molecule has 3 aromatic heterocycles. The quantitative estimate of drug-likeness (QED) is 0.470. The van der Waals surface area contributed by atoms with Crippen molar-refractivity contribution in [3.63, 3.8) is 0 Å². The molecule has 3 aliphatic carbocycles. The molecule has 5 nitrogen and oxygen atoms in total. The molecule has 156 valence electrons. The Morgan fingerprint density at radius 3 is 2.61 bits per heavy atom. The molecule has 0 radical (unpaired) electrons. The average molecular weight is 410 g/mol. The summed E-state index contributed by atoms with van der Waals surface area (Å²) in [6, 6.07) is 12.6. The summed E-state index contributed by atoms with van der Waals surface area (Å²) in [5.74, 6) is 4.01. The SMILES string of the molecule is CC1C2CCC(CC2)C1Cc1cc(-c2ccccc2)nc(-c2c[nH]c3ncncc23)n1. The van der Waals surface area contributed by atoms with Crippen LogP contribution in [0, 0.1) is 23.7 Å². The molecule has 3 aliphatic rings. The van der Waals surface area contributed by atoms with Crippen LogP contribution in [0.2, 0.25) is 0 Å². The molecule has 0 saturated heterocycles. The van der Waals surface area contributed by atoms with Gasteiger partial charge in [0.25, 0.3) is 0 Å². The molecule has 0 spiro atoms. The van der Waals surface area contributed by atoms with E-state index in [1.807, 2.05) is 18.5 Å². The lowest BCUT2D eigenvalue weighted by Gasteiger charge is -2.47. The van der Waals surface area contributed by atoms with Crippen molar-refractivity contribution in [3.05, 3.63) is 60.8 Å². The van der Waals surface area contributed by atoms with Gasteiger partial charge in [0.05, 0.1) is 5.69 Å². The Hall–Kier alpha value is -3.08. The summed E-state index contributed by atoms with van der Waals surface area (Å²) < 4.78 is 0. The maximum atomic E-state index is 5.08. The maximum absolute atomic E-state index is 5.08. The average Bonchev–Trinajstić information content (AvgIpc) is 3.26. The van der Waals surface area contributed by atoms with Gasteiger partial charge in [-0.3, -0.25) is 0 Å². The molecule has 3 saturated carbocycles. The number of hydrogen-bond acceptors (Lipinski definition) is 4. The van der Waals surface area contributed by atoms with Gasteiger partial charge in [0.1, 0.15) is 12.0 Å². The van der Waals surface area contributed by atoms with Crippen molar-refractivity contribution in [2.75, 3.05) is 0 Å². The summed E-state index contributed by atoms with van der Waals surface area (Å²) >= 11 is 0. The summed E-state index contributed by atoms with van der Waals surface area (Å²) in [6.45, 7) is 2.47. The molecule has 0 aliphatic heterocycles. The second-order valence-corrected chi connectivity index (χ2v) is 9.32. The van der Waals surface area contributed by atoms with Crippen LogP contribution in [0.25, 0.3) is 33.7 Å². The van der Waals surface area contributed by atoms with Crippen LogP contribution < -0.4 is 0 Å². The highest BCUT2D eigenvalue weighted by molar-refractivity contribution is 5.91. The molecule has 31 heavy (non-hydrogen) atoms. The van der Waals surface area contributed by atoms with Gasteiger partial charge in [0, 0.05) is 34.6 Å². The van der Waals surface area contributed by atoms with E-state index in [-0.39, 0.29) is 0 Å². The largest absolute Gasteiger partial charge is 0.345 e. The number of H-pyrrole nitrogens is 1. The molecule has 3 heterocycles. The van der Waals surface area contributed by atoms with Gasteiger partial charge in [0.2, 0.25) is 0 Å². The molecule has 2 atom stereocenters. The lowest BCUT2D eigenvalue weighted by Crippen LogP contribution is -2.39. The third-order valence-electron chi connectivity index (χ3n) is 7.73. The lowest BCUT2D eigenvalue weighted by atomic mass is 9.58. The Balaban J connectivity index is 1.44. The van der Waals surface area contributed by atoms with Gasteiger partial charge in [0.15, 0.2) is 5.82 Å². The molecule has 1 aromatic carbocycles. The van der Waals surface area contributed by atoms with Crippen LogP contribution in [0.4, 0.5) is 0 Å². The van der Waals surface area contributed by atoms with E-state index in [4.69, 9.17) is 9.97 Å². The zero-order chi connectivity index (χ0) is 20.8. The molecule has 2 bridgehead atoms. The van der Waals surface area contributed by atoms with Crippen molar-refractivity contribution in [2.24, 2.45) is 23.7 Å². The molecular weight excluding hydrogens is 382 g/mol. The fraction of sp³-hybridized carbons (Fsp3) is 0.385. The summed E-state index contributed by atoms with van der Waals surface area (Å²) in [7, 11) is 0. The minimum Gasteiger partial charge on any atom is -0.345 e. The Morgan fingerprint density at radius 1 is 1.00 bits per heavy atom. The lowest BCUT2D eigenvalue weighted by molar-refractivity contribution is 0.0339. The van der Waals surface area contributed by atoms with Crippen molar-refractivity contribution < 1.29 is 0 Å². The molecular formula is C26H27N5. The van der Waals surface area contributed by atoms with Gasteiger partial charge < -0.3 is 4.98 Å². The highest BCUT2D eigenvalue weighted by Gasteiger charge is 2.41. The second kappa shape index (κ2) is 7.56. The van der Waals surface area contributed by atoms with E-state index in [1.165, 1.54) is 25.7 Å². The van der Waals surface area contributed by atoms with E-state index >= 15 is 0 Å². The predicted molar refractivity (Wildman–Crippen MR) is 122 cm³/mol. The molecule has 5 heteroatoms. The smallest absolute Gasteiger partial charge is 0.162 e. The van der Waals surface area contributed by atoms with E-state index < -0.39 is 0 Å². The van der Waals surface area contributed by atoms with Crippen LogP contribution in [0.5, 0.6) is 0 Å². The molecule has 4 aromatic rings. The van der Waals surface area contributed by atoms with Crippen molar-refractivity contribution >= 4 is 11.0 Å². The number of nitrogens with one attached hydrogen (secondary N) is 1. The topological polar surface area (TPSA) is 67.3 Å². The minimum atomic E-state index is 0.727. The maximum Gasteiger partial charge on any atom is 0.162 e. The summed E-state index contributed by atoms with van der Waals surface area (Å²) in [5.41, 5.74) is 5.05. The normalized spacial score (nSPS) is 25.2. The molecule has 2 unspecified atom stereocenters. The number of rotatable bonds is 4. The fourth-order valence-electron chi connectivity index (χ4n) is 6.00. The molecule has 0 amide bonds. The van der Waals surface area contributed by atoms with E-state index in [0.717, 1.165) is 69.5 Å². The van der Waals surface area contributed by atoms with E-state index in [1.54, 1.807) is 6.33 Å². The Morgan fingerprint density at radius 2 is 1.81 bits per heavy atom. The van der Waals surface area contributed by atoms with Gasteiger partial charge in [-0.2, -0.15) is 0 Å². The molecule has 1 N–H and O–H groups in total. The van der Waals surface area contributed by atoms with Crippen LogP contribution in [0.3, 0.4) is 0 Å². The van der Waals surface area contributed by atoms with Crippen LogP contribution in [-0.4, -0.2) is 24.9 Å². The van der Waals surface area contributed by atoms with Crippen molar-refractivity contribution in [1.29, 1.82) is 0 Å². The first-order valence-electron chi connectivity index (χ1n) is 11.5. The van der Waals surface area contributed by atoms with Crippen LogP contribution in [-0.2, 0) is 6.42 Å². The highest BCUT2D eigenvalue weighted by atomic mass is 14.9. The van der Waals surface area contributed by atoms with Gasteiger partial charge in [-0.25, -0.2) is 19.9 Å². The first kappa shape index (κ1) is 18.7. The van der Waals surface area contributed by atoms with Crippen molar-refractivity contribution in [2.45, 2.75) is 39.0 Å². The van der Waals surface area contributed by atoms with Gasteiger partial charge in [-0.15, -0.1) is 0 Å². The summed E-state index contributed by atoms with van der Waals surface area (Å²) in [5, 5.41) is 0.962. The summed E-state index contributed by atoms with van der Waals surface area (Å²) in [6.07, 6.45) is 12.0. The zero-order valence-corrected chi connectivity index (χ0v) is 17.8. The highest BCUT2D eigenvalue weighted by Crippen LogP contribution is 2.49. The van der Waals surface area contributed by atoms with Gasteiger partial charge in [-0.05, 0) is 61.8 Å². The zero-order valence-electron chi connectivity index (χ0n) is 17.8. The standard InChI is InChI=1S/C26H27N5/c1-16-17-7-9-18(10-8-17)21(16)11-20-12-24(19-5-3-2-4-6-19)31-26(30-20)23-14-28-25-22(23)13-27-15-29-25/h2-6,12-18,21H,7-11H2,1H3,(H,27,28,29). The number of nitrogens with zero attached hydrogens (tertiary/aromatic N) is 4. The van der Waals surface area contributed by atoms with Crippen LogP contribution in [0.15, 0.2) is 55.1 Å². The monoisotopic (exact) mass is 409 g/mol. The van der Waals surface area contributed by atoms with E-state index in [0.29, 0.717) is 0 Å². The van der Waals surface area contributed by atoms with Crippen molar-refractivity contribution in [1.82, 2.24) is 24.9 Å². The van der Waals surface area contributed by atoms with Crippen molar-refractivity contribution in [3.8, 4) is 22.6 Å². The fourth-order valence-corrected chi connectivity index (χ4v) is 6.00. The Bertz CT molecular complexity index is 1200. The first-order chi connectivity index (χ1) is 15.3. The third-order valence-corrected chi connectivity index (χ3v) is 7.73. The first-order valence-corrected chi connectivity index (χ1v) is 11.5. The number of aromatic nitrogens is 5. The molecule has 3 fully saturated rings. The third kappa shape index (κ3) is 3.32.